The maximum atomic E-state index is 12.5. The highest BCUT2D eigenvalue weighted by Crippen LogP contribution is 2.30. The summed E-state index contributed by atoms with van der Waals surface area (Å²) in [4.78, 5) is 24.9. The lowest BCUT2D eigenvalue weighted by Crippen LogP contribution is -2.12. The van der Waals surface area contributed by atoms with Gasteiger partial charge in [0.2, 0.25) is 0 Å². The first-order valence-electron chi connectivity index (χ1n) is 15.1. The molecule has 0 bridgehead atoms. The first kappa shape index (κ1) is 32.2. The zero-order valence-electron chi connectivity index (χ0n) is 23.7. The van der Waals surface area contributed by atoms with Gasteiger partial charge in [-0.2, -0.15) is 0 Å². The van der Waals surface area contributed by atoms with Crippen LogP contribution < -0.4 is 9.47 Å². The number of rotatable bonds is 23. The highest BCUT2D eigenvalue weighted by molar-refractivity contribution is 5.76. The topological polar surface area (TPSA) is 52.6 Å². The van der Waals surface area contributed by atoms with E-state index in [9.17, 15) is 9.59 Å². The molecule has 0 unspecified atom stereocenters. The van der Waals surface area contributed by atoms with Crippen molar-refractivity contribution in [1.82, 2.24) is 0 Å². The van der Waals surface area contributed by atoms with Crippen LogP contribution in [0.15, 0.2) is 18.2 Å². The summed E-state index contributed by atoms with van der Waals surface area (Å²) in [5.74, 6) is 0.268. The molecule has 0 amide bonds. The van der Waals surface area contributed by atoms with Gasteiger partial charge in [0, 0.05) is 12.8 Å². The van der Waals surface area contributed by atoms with Crippen LogP contribution >= 0.6 is 0 Å². The summed E-state index contributed by atoms with van der Waals surface area (Å²) in [6.07, 6.45) is 22.8. The van der Waals surface area contributed by atoms with Gasteiger partial charge in [-0.25, -0.2) is 0 Å². The molecule has 0 fully saturated rings. The Bertz CT molecular complexity index is 697. The monoisotopic (exact) mass is 502 g/mol. The summed E-state index contributed by atoms with van der Waals surface area (Å²) in [6, 6.07) is 5.71. The molecule has 1 rings (SSSR count). The largest absolute Gasteiger partial charge is 0.423 e. The average molecular weight is 503 g/mol. The number of hydrogen-bond donors (Lipinski definition) is 0. The molecule has 0 aliphatic heterocycles. The van der Waals surface area contributed by atoms with E-state index in [1.807, 2.05) is 12.1 Å². The molecule has 206 valence electrons. The van der Waals surface area contributed by atoms with Crippen molar-refractivity contribution in [2.45, 2.75) is 156 Å². The summed E-state index contributed by atoms with van der Waals surface area (Å²) in [7, 11) is 0. The smallest absolute Gasteiger partial charge is 0.311 e. The Morgan fingerprint density at radius 2 is 0.944 bits per heavy atom. The molecule has 36 heavy (non-hydrogen) atoms. The second kappa shape index (κ2) is 22.4. The van der Waals surface area contributed by atoms with Crippen molar-refractivity contribution in [3.05, 3.63) is 23.8 Å². The number of hydrogen-bond acceptors (Lipinski definition) is 4. The summed E-state index contributed by atoms with van der Waals surface area (Å²) >= 11 is 0. The molecule has 1 aromatic carbocycles. The lowest BCUT2D eigenvalue weighted by atomic mass is 10.0. The molecule has 0 aliphatic carbocycles. The molecule has 0 spiro atoms. The van der Waals surface area contributed by atoms with Gasteiger partial charge in [0.25, 0.3) is 0 Å². The van der Waals surface area contributed by atoms with Crippen LogP contribution in [0.1, 0.15) is 155 Å². The van der Waals surface area contributed by atoms with Crippen LogP contribution in [0.3, 0.4) is 0 Å². The van der Waals surface area contributed by atoms with Crippen LogP contribution in [-0.2, 0) is 16.0 Å². The van der Waals surface area contributed by atoms with Gasteiger partial charge in [0.1, 0.15) is 0 Å². The quantitative estimate of drug-likeness (QED) is 0.0848. The van der Waals surface area contributed by atoms with Crippen molar-refractivity contribution in [1.29, 1.82) is 0 Å². The zero-order valence-corrected chi connectivity index (χ0v) is 23.7. The highest BCUT2D eigenvalue weighted by Gasteiger charge is 2.15. The summed E-state index contributed by atoms with van der Waals surface area (Å²) < 4.78 is 11.4. The Hall–Kier alpha value is -1.84. The van der Waals surface area contributed by atoms with E-state index in [2.05, 4.69) is 20.8 Å². The summed E-state index contributed by atoms with van der Waals surface area (Å²) in [5.41, 5.74) is 1.13. The SMILES string of the molecule is CCCCCCCCCCc1ccc(OC(=O)CCCCCCC)c(OC(=O)CCCCCCC)c1. The molecule has 0 heterocycles. The predicted molar refractivity (Wildman–Crippen MR) is 151 cm³/mol. The highest BCUT2D eigenvalue weighted by atomic mass is 16.6. The van der Waals surface area contributed by atoms with E-state index in [0.29, 0.717) is 24.3 Å². The van der Waals surface area contributed by atoms with Crippen LogP contribution in [0.25, 0.3) is 0 Å². The second-order valence-corrected chi connectivity index (χ2v) is 10.3. The Kier molecular flexibility index (Phi) is 20.0. The van der Waals surface area contributed by atoms with Gasteiger partial charge in [0.15, 0.2) is 11.5 Å². The Balaban J connectivity index is 2.62. The first-order chi connectivity index (χ1) is 17.6. The van der Waals surface area contributed by atoms with Gasteiger partial charge in [-0.1, -0.05) is 123 Å². The fraction of sp³-hybridized carbons (Fsp3) is 0.750. The molecular formula is C32H54O4. The third-order valence-electron chi connectivity index (χ3n) is 6.74. The van der Waals surface area contributed by atoms with E-state index in [1.54, 1.807) is 6.07 Å². The van der Waals surface area contributed by atoms with Crippen LogP contribution in [0, 0.1) is 0 Å². The van der Waals surface area contributed by atoms with Crippen LogP contribution in [-0.4, -0.2) is 11.9 Å². The molecule has 0 aliphatic rings. The number of benzene rings is 1. The molecule has 0 saturated heterocycles. The van der Waals surface area contributed by atoms with Gasteiger partial charge in [-0.3, -0.25) is 9.59 Å². The van der Waals surface area contributed by atoms with Crippen LogP contribution in [0.2, 0.25) is 0 Å². The minimum Gasteiger partial charge on any atom is -0.423 e. The Morgan fingerprint density at radius 3 is 1.44 bits per heavy atom. The molecule has 1 aromatic rings. The van der Waals surface area contributed by atoms with Crippen molar-refractivity contribution >= 4 is 11.9 Å². The lowest BCUT2D eigenvalue weighted by Gasteiger charge is -2.13. The third-order valence-corrected chi connectivity index (χ3v) is 6.74. The molecule has 0 radical (unpaired) electrons. The summed E-state index contributed by atoms with van der Waals surface area (Å²) in [6.45, 7) is 6.61. The van der Waals surface area contributed by atoms with E-state index in [4.69, 9.17) is 9.47 Å². The van der Waals surface area contributed by atoms with E-state index >= 15 is 0 Å². The molecule has 4 nitrogen and oxygen atoms in total. The molecule has 0 atom stereocenters. The summed E-state index contributed by atoms with van der Waals surface area (Å²) in [5, 5.41) is 0. The second-order valence-electron chi connectivity index (χ2n) is 10.3. The maximum Gasteiger partial charge on any atom is 0.311 e. The van der Waals surface area contributed by atoms with Gasteiger partial charge in [-0.15, -0.1) is 0 Å². The van der Waals surface area contributed by atoms with Crippen molar-refractivity contribution in [3.8, 4) is 11.5 Å². The lowest BCUT2D eigenvalue weighted by molar-refractivity contribution is -0.137. The number of carbonyl (C=O) groups is 2. The molecule has 0 saturated carbocycles. The minimum absolute atomic E-state index is 0.243. The van der Waals surface area contributed by atoms with Gasteiger partial charge in [0.05, 0.1) is 0 Å². The molecule has 4 heteroatoms. The van der Waals surface area contributed by atoms with Gasteiger partial charge in [-0.05, 0) is 43.4 Å². The third kappa shape index (κ3) is 16.8. The van der Waals surface area contributed by atoms with Crippen molar-refractivity contribution in [2.24, 2.45) is 0 Å². The Morgan fingerprint density at radius 1 is 0.528 bits per heavy atom. The number of esters is 2. The minimum atomic E-state index is -0.251. The van der Waals surface area contributed by atoms with Crippen LogP contribution in [0.4, 0.5) is 0 Å². The molecular weight excluding hydrogens is 448 g/mol. The van der Waals surface area contributed by atoms with E-state index in [0.717, 1.165) is 56.9 Å². The zero-order chi connectivity index (χ0) is 26.3. The standard InChI is InChI=1S/C32H54O4/c1-4-7-10-13-14-15-18-19-22-28-25-26-29(35-31(33)23-20-16-11-8-5-2)30(27-28)36-32(34)24-21-17-12-9-6-3/h25-27H,4-24H2,1-3H3. The van der Waals surface area contributed by atoms with E-state index < -0.39 is 0 Å². The number of unbranched alkanes of at least 4 members (excludes halogenated alkanes) is 15. The fourth-order valence-electron chi connectivity index (χ4n) is 4.43. The van der Waals surface area contributed by atoms with Crippen molar-refractivity contribution in [2.75, 3.05) is 0 Å². The number of aryl methyl sites for hydroxylation is 1. The fourth-order valence-corrected chi connectivity index (χ4v) is 4.43. The van der Waals surface area contributed by atoms with Crippen molar-refractivity contribution in [3.63, 3.8) is 0 Å². The number of ether oxygens (including phenoxy) is 2. The van der Waals surface area contributed by atoms with Crippen molar-refractivity contribution < 1.29 is 19.1 Å². The maximum absolute atomic E-state index is 12.5. The predicted octanol–water partition coefficient (Wildman–Crippen LogP) is 9.90. The van der Waals surface area contributed by atoms with E-state index in [1.165, 1.54) is 70.6 Å². The van der Waals surface area contributed by atoms with Crippen LogP contribution in [0.5, 0.6) is 11.5 Å². The normalized spacial score (nSPS) is 11.0. The molecule has 0 N–H and O–H groups in total. The van der Waals surface area contributed by atoms with Gasteiger partial charge >= 0.3 is 11.9 Å². The Labute approximate surface area is 221 Å². The van der Waals surface area contributed by atoms with E-state index in [-0.39, 0.29) is 11.9 Å². The van der Waals surface area contributed by atoms with Gasteiger partial charge < -0.3 is 9.47 Å². The molecule has 0 aromatic heterocycles. The first-order valence-corrected chi connectivity index (χ1v) is 15.1. The number of carbonyl (C=O) groups excluding carboxylic acids is 2. The average Bonchev–Trinajstić information content (AvgIpc) is 2.87.